The lowest BCUT2D eigenvalue weighted by Crippen LogP contribution is -2.39. The van der Waals surface area contributed by atoms with E-state index in [1.54, 1.807) is 0 Å². The Hall–Kier alpha value is -1.57. The fraction of sp³-hybridized carbons (Fsp3) is 0.400. The highest BCUT2D eigenvalue weighted by atomic mass is 127. The van der Waals surface area contributed by atoms with Crippen molar-refractivity contribution >= 4 is 45.5 Å². The van der Waals surface area contributed by atoms with Gasteiger partial charge in [-0.15, -0.1) is 0 Å². The monoisotopic (exact) mass is 406 g/mol. The minimum Gasteiger partial charge on any atom is -0.387 e. The van der Waals surface area contributed by atoms with E-state index in [2.05, 4.69) is 15.0 Å². The molecule has 1 saturated heterocycles. The first-order chi connectivity index (χ1) is 9.90. The van der Waals surface area contributed by atoms with E-state index in [4.69, 9.17) is 16.2 Å². The minimum absolute atomic E-state index is 0.183. The van der Waals surface area contributed by atoms with Crippen LogP contribution in [0.2, 0.25) is 0 Å². The molecule has 2 unspecified atom stereocenters. The number of rotatable bonds is 2. The third-order valence-corrected chi connectivity index (χ3v) is 3.70. The number of amides is 1. The second-order valence-electron chi connectivity index (χ2n) is 4.53. The van der Waals surface area contributed by atoms with Crippen molar-refractivity contribution in [2.45, 2.75) is 24.5 Å². The molecule has 0 spiro atoms. The molecular formula is C10H11IN6O4. The van der Waals surface area contributed by atoms with E-state index in [9.17, 15) is 15.0 Å². The number of fused-ring (bicyclic) bond motifs is 1. The van der Waals surface area contributed by atoms with Gasteiger partial charge in [0.2, 0.25) is 5.91 Å². The maximum atomic E-state index is 11.2. The normalized spacial score (nSPS) is 29.1. The summed E-state index contributed by atoms with van der Waals surface area (Å²) in [4.78, 5) is 23.4. The van der Waals surface area contributed by atoms with Crippen LogP contribution in [0.3, 0.4) is 0 Å². The molecule has 1 aliphatic heterocycles. The van der Waals surface area contributed by atoms with Crippen LogP contribution < -0.4 is 11.5 Å². The molecule has 1 amide bonds. The molecule has 0 aliphatic carbocycles. The van der Waals surface area contributed by atoms with Gasteiger partial charge >= 0.3 is 0 Å². The van der Waals surface area contributed by atoms with Crippen LogP contribution in [0.1, 0.15) is 6.23 Å². The smallest absolute Gasteiger partial charge is 0.249 e. The molecule has 21 heavy (non-hydrogen) atoms. The average molecular weight is 406 g/mol. The Morgan fingerprint density at radius 2 is 2.10 bits per heavy atom. The van der Waals surface area contributed by atoms with Crippen molar-refractivity contribution in [2.75, 3.05) is 5.73 Å². The third kappa shape index (κ3) is 2.21. The predicted octanol–water partition coefficient (Wildman–Crippen LogP) is -1.88. The largest absolute Gasteiger partial charge is 0.387 e. The minimum atomic E-state index is -1.43. The molecule has 1 aliphatic rings. The summed E-state index contributed by atoms with van der Waals surface area (Å²) in [5.74, 6) is -0.681. The van der Waals surface area contributed by atoms with Crippen molar-refractivity contribution < 1.29 is 19.7 Å². The van der Waals surface area contributed by atoms with Crippen molar-refractivity contribution in [1.29, 1.82) is 0 Å². The topological polar surface area (TPSA) is 162 Å². The van der Waals surface area contributed by atoms with Crippen molar-refractivity contribution in [3.63, 3.8) is 0 Å². The molecule has 0 aromatic carbocycles. The van der Waals surface area contributed by atoms with Gasteiger partial charge in [0.15, 0.2) is 27.6 Å². The second-order valence-corrected chi connectivity index (χ2v) is 5.50. The molecule has 3 heterocycles. The lowest BCUT2D eigenvalue weighted by Gasteiger charge is -2.16. The highest BCUT2D eigenvalue weighted by molar-refractivity contribution is 14.1. The number of nitrogens with zero attached hydrogens (tertiary/aromatic N) is 4. The molecule has 1 fully saturated rings. The standard InChI is InChI=1S/C10H11IN6O4/c11-10-15-6(12)2-8(16-10)17(1-14-2)9-4(19)3(18)5(21-9)7(13)20/h1,3-5,9,18-19H,(H2,13,20)(H2,12,15,16)/t3?,4?,5-,9+/m0/s1. The van der Waals surface area contributed by atoms with E-state index in [1.165, 1.54) is 10.9 Å². The quantitative estimate of drug-likeness (QED) is 0.333. The van der Waals surface area contributed by atoms with E-state index >= 15 is 0 Å². The molecular weight excluding hydrogens is 395 g/mol. The Labute approximate surface area is 131 Å². The molecule has 4 atom stereocenters. The maximum Gasteiger partial charge on any atom is 0.249 e. The summed E-state index contributed by atoms with van der Waals surface area (Å²) >= 11 is 1.88. The first-order valence-corrected chi connectivity index (χ1v) is 6.94. The number of hydrogen-bond donors (Lipinski definition) is 4. The van der Waals surface area contributed by atoms with Crippen LogP contribution >= 0.6 is 22.6 Å². The zero-order chi connectivity index (χ0) is 15.3. The zero-order valence-electron chi connectivity index (χ0n) is 10.4. The SMILES string of the molecule is NC(=O)[C@H]1O[C@@H](n2cnc3c(N)nc(I)nc32)C(O)C1O. The predicted molar refractivity (Wildman–Crippen MR) is 77.6 cm³/mol. The maximum absolute atomic E-state index is 11.2. The summed E-state index contributed by atoms with van der Waals surface area (Å²) in [5, 5.41) is 19.8. The number of primary amides is 1. The molecule has 10 nitrogen and oxygen atoms in total. The van der Waals surface area contributed by atoms with Gasteiger partial charge in [0, 0.05) is 22.6 Å². The van der Waals surface area contributed by atoms with E-state index in [1.807, 2.05) is 22.6 Å². The number of halogens is 1. The number of anilines is 1. The first-order valence-electron chi connectivity index (χ1n) is 5.86. The van der Waals surface area contributed by atoms with Crippen molar-refractivity contribution in [2.24, 2.45) is 5.73 Å². The molecule has 2 aromatic heterocycles. The summed E-state index contributed by atoms with van der Waals surface area (Å²) in [5.41, 5.74) is 11.5. The summed E-state index contributed by atoms with van der Waals surface area (Å²) < 4.78 is 7.09. The highest BCUT2D eigenvalue weighted by Crippen LogP contribution is 2.32. The summed E-state index contributed by atoms with van der Waals surface area (Å²) in [7, 11) is 0. The van der Waals surface area contributed by atoms with Gasteiger partial charge in [0.25, 0.3) is 0 Å². The second kappa shape index (κ2) is 5.01. The third-order valence-electron chi connectivity index (χ3n) is 3.21. The lowest BCUT2D eigenvalue weighted by molar-refractivity contribution is -0.134. The molecule has 11 heteroatoms. The highest BCUT2D eigenvalue weighted by Gasteiger charge is 2.47. The summed E-state index contributed by atoms with van der Waals surface area (Å²) in [6.07, 6.45) is -3.79. The molecule has 3 rings (SSSR count). The van der Waals surface area contributed by atoms with Crippen LogP contribution in [0.15, 0.2) is 6.33 Å². The number of imidazole rings is 1. The van der Waals surface area contributed by atoms with E-state index in [0.29, 0.717) is 15.0 Å². The molecule has 0 saturated carbocycles. The van der Waals surface area contributed by atoms with Gasteiger partial charge in [0.1, 0.15) is 17.7 Å². The van der Waals surface area contributed by atoms with Crippen molar-refractivity contribution in [3.8, 4) is 0 Å². The van der Waals surface area contributed by atoms with Gasteiger partial charge in [-0.3, -0.25) is 9.36 Å². The Morgan fingerprint density at radius 3 is 2.71 bits per heavy atom. The van der Waals surface area contributed by atoms with Crippen molar-refractivity contribution in [3.05, 3.63) is 10.2 Å². The molecule has 112 valence electrons. The van der Waals surface area contributed by atoms with Gasteiger partial charge in [-0.1, -0.05) is 0 Å². The van der Waals surface area contributed by atoms with E-state index < -0.39 is 30.4 Å². The van der Waals surface area contributed by atoms with Gasteiger partial charge < -0.3 is 26.4 Å². The van der Waals surface area contributed by atoms with Crippen LogP contribution in [0.4, 0.5) is 5.82 Å². The lowest BCUT2D eigenvalue weighted by atomic mass is 10.1. The number of aromatic nitrogens is 4. The summed E-state index contributed by atoms with van der Waals surface area (Å²) in [6, 6.07) is 0. The number of nitrogen functional groups attached to an aromatic ring is 1. The Bertz CT molecular complexity index is 721. The zero-order valence-corrected chi connectivity index (χ0v) is 12.6. The Morgan fingerprint density at radius 1 is 1.38 bits per heavy atom. The van der Waals surface area contributed by atoms with Gasteiger partial charge in [-0.2, -0.15) is 0 Å². The molecule has 0 radical (unpaired) electrons. The van der Waals surface area contributed by atoms with Crippen LogP contribution in [-0.4, -0.2) is 54.0 Å². The van der Waals surface area contributed by atoms with Crippen LogP contribution in [0.5, 0.6) is 0 Å². The number of ether oxygens (including phenoxy) is 1. The number of aliphatic hydroxyl groups is 2. The van der Waals surface area contributed by atoms with E-state index in [0.717, 1.165) is 0 Å². The van der Waals surface area contributed by atoms with Gasteiger partial charge in [-0.25, -0.2) is 15.0 Å². The molecule has 6 N–H and O–H groups in total. The van der Waals surface area contributed by atoms with E-state index in [-0.39, 0.29) is 5.82 Å². The number of hydrogen-bond acceptors (Lipinski definition) is 8. The van der Waals surface area contributed by atoms with Gasteiger partial charge in [0.05, 0.1) is 6.33 Å². The van der Waals surface area contributed by atoms with Crippen LogP contribution in [-0.2, 0) is 9.53 Å². The molecule has 2 aromatic rings. The number of aliphatic hydroxyl groups excluding tert-OH is 2. The average Bonchev–Trinajstić information content (AvgIpc) is 2.93. The molecule has 0 bridgehead atoms. The van der Waals surface area contributed by atoms with Crippen LogP contribution in [0, 0.1) is 3.83 Å². The fourth-order valence-corrected chi connectivity index (χ4v) is 2.71. The summed E-state index contributed by atoms with van der Waals surface area (Å²) in [6.45, 7) is 0. The Kier molecular flexibility index (Phi) is 3.43. The fourth-order valence-electron chi connectivity index (χ4n) is 2.22. The first kappa shape index (κ1) is 14.4. The number of carbonyl (C=O) groups excluding carboxylic acids is 1. The number of carbonyl (C=O) groups is 1. The Balaban J connectivity index is 2.07. The number of nitrogens with two attached hydrogens (primary N) is 2. The van der Waals surface area contributed by atoms with Crippen LogP contribution in [0.25, 0.3) is 11.2 Å². The van der Waals surface area contributed by atoms with Gasteiger partial charge in [-0.05, 0) is 0 Å². The van der Waals surface area contributed by atoms with Crippen molar-refractivity contribution in [1.82, 2.24) is 19.5 Å².